The van der Waals surface area contributed by atoms with E-state index in [0.717, 1.165) is 31.6 Å². The molecule has 118 valence electrons. The summed E-state index contributed by atoms with van der Waals surface area (Å²) in [4.78, 5) is 10.4. The van der Waals surface area contributed by atoms with Gasteiger partial charge in [-0.15, -0.1) is 10.2 Å². The smallest absolute Gasteiger partial charge is 0.319 e. The van der Waals surface area contributed by atoms with E-state index in [-0.39, 0.29) is 6.01 Å². The molecule has 0 unspecified atom stereocenters. The quantitative estimate of drug-likeness (QED) is 0.836. The van der Waals surface area contributed by atoms with Crippen molar-refractivity contribution in [3.63, 3.8) is 0 Å². The molecule has 0 saturated carbocycles. The zero-order valence-corrected chi connectivity index (χ0v) is 13.0. The van der Waals surface area contributed by atoms with Crippen LogP contribution in [0.15, 0.2) is 12.3 Å². The van der Waals surface area contributed by atoms with Gasteiger partial charge >= 0.3 is 6.01 Å². The van der Waals surface area contributed by atoms with Gasteiger partial charge in [0, 0.05) is 19.3 Å². The summed E-state index contributed by atoms with van der Waals surface area (Å²) in [5.41, 5.74) is 2.27. The van der Waals surface area contributed by atoms with Crippen LogP contribution in [0.2, 0.25) is 0 Å². The highest BCUT2D eigenvalue weighted by Crippen LogP contribution is 2.31. The Bertz CT molecular complexity index is 752. The molecule has 0 radical (unpaired) electrons. The number of hydrogen-bond acceptors (Lipinski definition) is 8. The number of aromatic nitrogens is 4. The van der Waals surface area contributed by atoms with Gasteiger partial charge in [-0.3, -0.25) is 0 Å². The van der Waals surface area contributed by atoms with Crippen molar-refractivity contribution < 1.29 is 9.47 Å². The van der Waals surface area contributed by atoms with Crippen LogP contribution in [0.25, 0.3) is 11.3 Å². The van der Waals surface area contributed by atoms with E-state index >= 15 is 0 Å². The van der Waals surface area contributed by atoms with Crippen molar-refractivity contribution in [2.24, 2.45) is 0 Å². The van der Waals surface area contributed by atoms with E-state index in [1.54, 1.807) is 6.20 Å². The summed E-state index contributed by atoms with van der Waals surface area (Å²) in [6.45, 7) is 1.83. The van der Waals surface area contributed by atoms with Gasteiger partial charge in [-0.05, 0) is 18.9 Å². The fourth-order valence-electron chi connectivity index (χ4n) is 2.57. The molecule has 0 spiro atoms. The molecule has 0 N–H and O–H groups in total. The molecule has 1 aliphatic rings. The Hall–Kier alpha value is -2.95. The van der Waals surface area contributed by atoms with Crippen molar-refractivity contribution in [2.45, 2.75) is 12.8 Å². The lowest BCUT2D eigenvalue weighted by Crippen LogP contribution is -2.19. The third-order valence-electron chi connectivity index (χ3n) is 3.71. The highest BCUT2D eigenvalue weighted by molar-refractivity contribution is 5.70. The Balaban J connectivity index is 2.07. The van der Waals surface area contributed by atoms with Crippen LogP contribution in [-0.2, 0) is 0 Å². The number of ether oxygens (including phenoxy) is 2. The maximum atomic E-state index is 9.26. The van der Waals surface area contributed by atoms with Gasteiger partial charge in [-0.2, -0.15) is 10.2 Å². The topological polar surface area (TPSA) is 97.1 Å². The highest BCUT2D eigenvalue weighted by Gasteiger charge is 2.20. The standard InChI is InChI=1S/C15H16N6O2/c1-22-14-10(9-17-15(18-14)23-2)11-7-13(12(8-16)20-19-11)21-5-3-4-6-21/h7,9H,3-6H2,1-2H3. The average Bonchev–Trinajstić information content (AvgIpc) is 3.15. The van der Waals surface area contributed by atoms with Crippen LogP contribution in [-0.4, -0.2) is 47.5 Å². The van der Waals surface area contributed by atoms with E-state index in [1.165, 1.54) is 14.2 Å². The zero-order chi connectivity index (χ0) is 16.2. The fraction of sp³-hybridized carbons (Fsp3) is 0.400. The molecule has 2 aromatic rings. The first-order chi connectivity index (χ1) is 11.3. The normalized spacial score (nSPS) is 13.7. The Morgan fingerprint density at radius 3 is 2.61 bits per heavy atom. The van der Waals surface area contributed by atoms with E-state index in [0.29, 0.717) is 22.8 Å². The molecule has 23 heavy (non-hydrogen) atoms. The predicted molar refractivity (Wildman–Crippen MR) is 82.3 cm³/mol. The summed E-state index contributed by atoms with van der Waals surface area (Å²) in [5, 5.41) is 17.4. The van der Waals surface area contributed by atoms with Crippen LogP contribution in [0.4, 0.5) is 5.69 Å². The molecule has 0 atom stereocenters. The van der Waals surface area contributed by atoms with Gasteiger partial charge in [-0.1, -0.05) is 0 Å². The van der Waals surface area contributed by atoms with Crippen LogP contribution in [0.5, 0.6) is 11.9 Å². The van der Waals surface area contributed by atoms with Gasteiger partial charge < -0.3 is 14.4 Å². The van der Waals surface area contributed by atoms with Crippen molar-refractivity contribution in [1.29, 1.82) is 5.26 Å². The van der Waals surface area contributed by atoms with E-state index in [2.05, 4.69) is 31.1 Å². The second-order valence-corrected chi connectivity index (χ2v) is 5.05. The van der Waals surface area contributed by atoms with Gasteiger partial charge in [0.2, 0.25) is 5.88 Å². The number of anilines is 1. The molecule has 8 heteroatoms. The van der Waals surface area contributed by atoms with Gasteiger partial charge in [0.25, 0.3) is 0 Å². The second-order valence-electron chi connectivity index (χ2n) is 5.05. The first-order valence-corrected chi connectivity index (χ1v) is 7.25. The molecule has 2 aromatic heterocycles. The van der Waals surface area contributed by atoms with Gasteiger partial charge in [0.1, 0.15) is 11.8 Å². The van der Waals surface area contributed by atoms with Crippen LogP contribution < -0.4 is 14.4 Å². The Morgan fingerprint density at radius 1 is 1.17 bits per heavy atom. The zero-order valence-electron chi connectivity index (χ0n) is 13.0. The Morgan fingerprint density at radius 2 is 1.96 bits per heavy atom. The van der Waals surface area contributed by atoms with Crippen LogP contribution in [0.1, 0.15) is 18.5 Å². The summed E-state index contributed by atoms with van der Waals surface area (Å²) < 4.78 is 10.3. The third kappa shape index (κ3) is 2.85. The number of rotatable bonds is 4. The minimum atomic E-state index is 0.215. The summed E-state index contributed by atoms with van der Waals surface area (Å²) in [7, 11) is 3.01. The Labute approximate surface area is 133 Å². The molecule has 0 aromatic carbocycles. The number of nitrogens with zero attached hydrogens (tertiary/aromatic N) is 6. The molecule has 8 nitrogen and oxygen atoms in total. The SMILES string of the molecule is COc1ncc(-c2cc(N3CCCC3)c(C#N)nn2)c(OC)n1. The van der Waals surface area contributed by atoms with Crippen LogP contribution in [0, 0.1) is 11.3 Å². The van der Waals surface area contributed by atoms with Crippen molar-refractivity contribution >= 4 is 5.69 Å². The number of methoxy groups -OCH3 is 2. The largest absolute Gasteiger partial charge is 0.480 e. The molecule has 0 bridgehead atoms. The summed E-state index contributed by atoms with van der Waals surface area (Å²) >= 11 is 0. The molecular weight excluding hydrogens is 296 g/mol. The first kappa shape index (κ1) is 15.0. The third-order valence-corrected chi connectivity index (χ3v) is 3.71. The molecular formula is C15H16N6O2. The predicted octanol–water partition coefficient (Wildman–Crippen LogP) is 1.42. The van der Waals surface area contributed by atoms with Crippen molar-refractivity contribution in [3.8, 4) is 29.2 Å². The summed E-state index contributed by atoms with van der Waals surface area (Å²) in [5.74, 6) is 0.350. The highest BCUT2D eigenvalue weighted by atomic mass is 16.5. The summed E-state index contributed by atoms with van der Waals surface area (Å²) in [6, 6.07) is 4.15. The fourth-order valence-corrected chi connectivity index (χ4v) is 2.57. The van der Waals surface area contributed by atoms with Crippen LogP contribution >= 0.6 is 0 Å². The van der Waals surface area contributed by atoms with Crippen LogP contribution in [0.3, 0.4) is 0 Å². The molecule has 3 heterocycles. The van der Waals surface area contributed by atoms with Crippen molar-refractivity contribution in [1.82, 2.24) is 20.2 Å². The maximum absolute atomic E-state index is 9.26. The minimum Gasteiger partial charge on any atom is -0.480 e. The monoisotopic (exact) mass is 312 g/mol. The van der Waals surface area contributed by atoms with Gasteiger partial charge in [0.15, 0.2) is 5.69 Å². The molecule has 1 fully saturated rings. The van der Waals surface area contributed by atoms with Gasteiger partial charge in [-0.25, -0.2) is 4.98 Å². The lowest BCUT2D eigenvalue weighted by molar-refractivity contribution is 0.353. The lowest BCUT2D eigenvalue weighted by Gasteiger charge is -2.18. The maximum Gasteiger partial charge on any atom is 0.319 e. The molecule has 0 amide bonds. The number of hydrogen-bond donors (Lipinski definition) is 0. The second kappa shape index (κ2) is 6.44. The van der Waals surface area contributed by atoms with E-state index in [1.807, 2.05) is 6.07 Å². The van der Waals surface area contributed by atoms with E-state index in [4.69, 9.17) is 9.47 Å². The molecule has 0 aliphatic carbocycles. The molecule has 1 saturated heterocycles. The Kier molecular flexibility index (Phi) is 4.19. The average molecular weight is 312 g/mol. The van der Waals surface area contributed by atoms with E-state index in [9.17, 15) is 5.26 Å². The molecule has 1 aliphatic heterocycles. The van der Waals surface area contributed by atoms with E-state index < -0.39 is 0 Å². The van der Waals surface area contributed by atoms with Crippen molar-refractivity contribution in [2.75, 3.05) is 32.2 Å². The van der Waals surface area contributed by atoms with Gasteiger partial charge in [0.05, 0.1) is 25.5 Å². The summed E-state index contributed by atoms with van der Waals surface area (Å²) in [6.07, 6.45) is 3.80. The van der Waals surface area contributed by atoms with Crippen molar-refractivity contribution in [3.05, 3.63) is 18.0 Å². The first-order valence-electron chi connectivity index (χ1n) is 7.25. The minimum absolute atomic E-state index is 0.215. The lowest BCUT2D eigenvalue weighted by atomic mass is 10.2. The molecule has 3 rings (SSSR count). The number of nitriles is 1.